The molecule has 0 saturated carbocycles. The summed E-state index contributed by atoms with van der Waals surface area (Å²) < 4.78 is 5.55. The molecule has 4 heterocycles. The van der Waals surface area contributed by atoms with Crippen LogP contribution >= 0.6 is 11.6 Å². The minimum atomic E-state index is -0.516. The highest BCUT2D eigenvalue weighted by Gasteiger charge is 2.44. The second kappa shape index (κ2) is 18.3. The fraction of sp³-hybridized carbons (Fsp3) is 0.426. The van der Waals surface area contributed by atoms with Gasteiger partial charge in [-0.2, -0.15) is 0 Å². The van der Waals surface area contributed by atoms with Crippen LogP contribution < -0.4 is 14.5 Å². The van der Waals surface area contributed by atoms with Gasteiger partial charge in [-0.25, -0.2) is 0 Å². The number of ether oxygens (including phenoxy) is 1. The Hall–Kier alpha value is -4.70. The number of hydrogen-bond donors (Lipinski definition) is 0. The molecule has 0 aliphatic carbocycles. The zero-order valence-corrected chi connectivity index (χ0v) is 34.4. The summed E-state index contributed by atoms with van der Waals surface area (Å²) in [6.07, 6.45) is 5.29. The molecule has 3 amide bonds. The van der Waals surface area contributed by atoms with Gasteiger partial charge >= 0.3 is 0 Å². The van der Waals surface area contributed by atoms with E-state index in [1.807, 2.05) is 90.6 Å². The third-order valence-corrected chi connectivity index (χ3v) is 12.7. The van der Waals surface area contributed by atoms with Gasteiger partial charge in [-0.15, -0.1) is 0 Å². The number of piperidine rings is 2. The lowest BCUT2D eigenvalue weighted by Gasteiger charge is -2.43. The van der Waals surface area contributed by atoms with E-state index in [9.17, 15) is 14.4 Å². The molecule has 4 aliphatic rings. The SMILES string of the molecule is CC(CN1C(=O)COc2ccccc21)N1CCC(c2ccccc2)CC1.CN(C)C(=O)C1(c2ccc(Cl)cc2)CCN(CCN2C(=O)CCc3ccccc32)CC1. The number of hydrogen-bond acceptors (Lipinski definition) is 6. The lowest BCUT2D eigenvalue weighted by atomic mass is 9.71. The first-order chi connectivity index (χ1) is 27.6. The predicted octanol–water partition coefficient (Wildman–Crippen LogP) is 7.42. The molecule has 4 aromatic carbocycles. The van der Waals surface area contributed by atoms with Gasteiger partial charge in [-0.3, -0.25) is 19.3 Å². The number of fused-ring (bicyclic) bond motifs is 2. The number of likely N-dealkylation sites (tertiary alicyclic amines) is 2. The molecule has 2 fully saturated rings. The van der Waals surface area contributed by atoms with Crippen molar-refractivity contribution in [2.24, 2.45) is 0 Å². The van der Waals surface area contributed by atoms with Crippen LogP contribution in [-0.2, 0) is 26.2 Å². The summed E-state index contributed by atoms with van der Waals surface area (Å²) in [6.45, 7) is 8.40. The molecule has 0 spiro atoms. The Kier molecular flexibility index (Phi) is 13.0. The van der Waals surface area contributed by atoms with E-state index < -0.39 is 5.41 Å². The standard InChI is InChI=1S/C25H30ClN3O2.C22H26N2O2/c1-27(2)24(31)25(20-8-10-21(26)11-9-20)13-15-28(16-14-25)17-18-29-22-6-4-3-5-19(22)7-12-23(29)30;1-17(15-24-20-9-5-6-10-21(20)26-16-22(24)25)23-13-11-19(12-14-23)18-7-3-2-4-8-18/h3-6,8-11H,7,12-18H2,1-2H3;2-10,17,19H,11-16H2,1H3. The van der Waals surface area contributed by atoms with Crippen LogP contribution in [0.15, 0.2) is 103 Å². The smallest absolute Gasteiger partial charge is 0.265 e. The quantitative estimate of drug-likeness (QED) is 0.176. The van der Waals surface area contributed by atoms with E-state index >= 15 is 0 Å². The molecule has 0 bridgehead atoms. The van der Waals surface area contributed by atoms with Gasteiger partial charge in [0, 0.05) is 56.9 Å². The van der Waals surface area contributed by atoms with Gasteiger partial charge in [0.2, 0.25) is 11.8 Å². The van der Waals surface area contributed by atoms with Crippen LogP contribution in [0, 0.1) is 0 Å². The Labute approximate surface area is 343 Å². The molecule has 4 aromatic rings. The fourth-order valence-corrected chi connectivity index (χ4v) is 9.22. The van der Waals surface area contributed by atoms with Crippen LogP contribution in [0.4, 0.5) is 11.4 Å². The minimum absolute atomic E-state index is 0.0507. The van der Waals surface area contributed by atoms with Crippen molar-refractivity contribution in [1.82, 2.24) is 14.7 Å². The summed E-state index contributed by atoms with van der Waals surface area (Å²) in [4.78, 5) is 48.6. The van der Waals surface area contributed by atoms with E-state index in [0.717, 1.165) is 81.2 Å². The number of aryl methyl sites for hydroxylation is 1. The maximum Gasteiger partial charge on any atom is 0.265 e. The van der Waals surface area contributed by atoms with E-state index in [2.05, 4.69) is 53.1 Å². The number of rotatable bonds is 9. The highest BCUT2D eigenvalue weighted by molar-refractivity contribution is 6.30. The summed E-state index contributed by atoms with van der Waals surface area (Å²) in [5, 5.41) is 0.681. The van der Waals surface area contributed by atoms with E-state index in [1.165, 1.54) is 24.0 Å². The van der Waals surface area contributed by atoms with Crippen molar-refractivity contribution in [2.45, 2.75) is 62.8 Å². The average molecular weight is 790 g/mol. The number of para-hydroxylation sites is 3. The lowest BCUT2D eigenvalue weighted by molar-refractivity contribution is -0.136. The molecule has 1 atom stereocenters. The first-order valence-corrected chi connectivity index (χ1v) is 20.9. The van der Waals surface area contributed by atoms with Gasteiger partial charge in [0.15, 0.2) is 6.61 Å². The van der Waals surface area contributed by atoms with Crippen LogP contribution in [0.5, 0.6) is 5.75 Å². The minimum Gasteiger partial charge on any atom is -0.482 e. The Morgan fingerprint density at radius 3 is 2.12 bits per heavy atom. The fourth-order valence-electron chi connectivity index (χ4n) is 9.10. The number of benzene rings is 4. The molecule has 2 saturated heterocycles. The van der Waals surface area contributed by atoms with Crippen molar-refractivity contribution in [3.05, 3.63) is 125 Å². The summed E-state index contributed by atoms with van der Waals surface area (Å²) in [6, 6.07) is 34.9. The maximum atomic E-state index is 13.2. The van der Waals surface area contributed by atoms with Gasteiger partial charge in [0.25, 0.3) is 5.91 Å². The highest BCUT2D eigenvalue weighted by atomic mass is 35.5. The topological polar surface area (TPSA) is 76.6 Å². The number of anilines is 2. The first kappa shape index (κ1) is 40.5. The average Bonchev–Trinajstić information content (AvgIpc) is 3.25. The number of nitrogens with zero attached hydrogens (tertiary/aromatic N) is 5. The van der Waals surface area contributed by atoms with Crippen LogP contribution in [0.1, 0.15) is 61.6 Å². The molecule has 1 unspecified atom stereocenters. The Morgan fingerprint density at radius 1 is 0.772 bits per heavy atom. The normalized spacial score (nSPS) is 19.1. The third kappa shape index (κ3) is 9.22. The summed E-state index contributed by atoms with van der Waals surface area (Å²) in [5.41, 5.74) is 5.17. The van der Waals surface area contributed by atoms with Crippen molar-refractivity contribution in [1.29, 1.82) is 0 Å². The molecular formula is C47H56ClN5O4. The van der Waals surface area contributed by atoms with Crippen molar-refractivity contribution in [3.63, 3.8) is 0 Å². The highest BCUT2D eigenvalue weighted by Crippen LogP contribution is 2.38. The van der Waals surface area contributed by atoms with Crippen molar-refractivity contribution < 1.29 is 19.1 Å². The second-order valence-electron chi connectivity index (χ2n) is 16.1. The zero-order chi connectivity index (χ0) is 39.9. The van der Waals surface area contributed by atoms with Crippen molar-refractivity contribution in [3.8, 4) is 5.75 Å². The number of carbonyl (C=O) groups is 3. The Morgan fingerprint density at radius 2 is 1.42 bits per heavy atom. The number of likely N-dealkylation sites (N-methyl/N-ethyl adjacent to an activating group) is 1. The van der Waals surface area contributed by atoms with E-state index in [1.54, 1.807) is 4.90 Å². The van der Waals surface area contributed by atoms with Crippen LogP contribution in [0.3, 0.4) is 0 Å². The first-order valence-electron chi connectivity index (χ1n) is 20.5. The molecule has 4 aliphatic heterocycles. The molecule has 0 aromatic heterocycles. The maximum absolute atomic E-state index is 13.2. The summed E-state index contributed by atoms with van der Waals surface area (Å²) in [5.74, 6) is 1.87. The van der Waals surface area contributed by atoms with Crippen LogP contribution in [0.2, 0.25) is 5.02 Å². The van der Waals surface area contributed by atoms with E-state index in [4.69, 9.17) is 16.3 Å². The molecule has 57 heavy (non-hydrogen) atoms. The molecule has 10 heteroatoms. The number of amides is 3. The van der Waals surface area contributed by atoms with Crippen LogP contribution in [0.25, 0.3) is 0 Å². The van der Waals surface area contributed by atoms with E-state index in [-0.39, 0.29) is 24.3 Å². The Balaban J connectivity index is 0.000000177. The molecule has 9 nitrogen and oxygen atoms in total. The van der Waals surface area contributed by atoms with Gasteiger partial charge in [-0.1, -0.05) is 84.4 Å². The lowest BCUT2D eigenvalue weighted by Crippen LogP contribution is -2.52. The molecular weight excluding hydrogens is 734 g/mol. The molecule has 300 valence electrons. The van der Waals surface area contributed by atoms with Gasteiger partial charge < -0.3 is 24.3 Å². The third-order valence-electron chi connectivity index (χ3n) is 12.4. The Bertz CT molecular complexity index is 1990. The molecule has 0 radical (unpaired) electrons. The van der Waals surface area contributed by atoms with Gasteiger partial charge in [0.05, 0.1) is 11.1 Å². The van der Waals surface area contributed by atoms with Crippen molar-refractivity contribution in [2.75, 3.05) is 76.3 Å². The van der Waals surface area contributed by atoms with E-state index in [0.29, 0.717) is 29.9 Å². The number of carbonyl (C=O) groups excluding carboxylic acids is 3. The molecule has 0 N–H and O–H groups in total. The zero-order valence-electron chi connectivity index (χ0n) is 33.6. The monoisotopic (exact) mass is 789 g/mol. The summed E-state index contributed by atoms with van der Waals surface area (Å²) >= 11 is 6.09. The van der Waals surface area contributed by atoms with Gasteiger partial charge in [-0.05, 0) is 118 Å². The number of halogens is 1. The largest absolute Gasteiger partial charge is 0.482 e. The second-order valence-corrected chi connectivity index (χ2v) is 16.6. The predicted molar refractivity (Wildman–Crippen MR) is 228 cm³/mol. The molecule has 8 rings (SSSR count). The van der Waals surface area contributed by atoms with Crippen LogP contribution in [-0.4, -0.2) is 105 Å². The van der Waals surface area contributed by atoms with Gasteiger partial charge in [0.1, 0.15) is 5.75 Å². The van der Waals surface area contributed by atoms with Crippen molar-refractivity contribution >= 4 is 40.7 Å². The summed E-state index contributed by atoms with van der Waals surface area (Å²) in [7, 11) is 3.65.